The predicted octanol–water partition coefficient (Wildman–Crippen LogP) is 0.383. The Morgan fingerprint density at radius 1 is 1.20 bits per heavy atom. The first kappa shape index (κ1) is 13.1. The van der Waals surface area contributed by atoms with Crippen molar-refractivity contribution in [1.29, 1.82) is 0 Å². The van der Waals surface area contributed by atoms with Gasteiger partial charge in [-0.3, -0.25) is 9.69 Å². The van der Waals surface area contributed by atoms with Gasteiger partial charge in [-0.1, -0.05) is 30.3 Å². The van der Waals surface area contributed by atoms with Gasteiger partial charge in [-0.25, -0.2) is 4.79 Å². The summed E-state index contributed by atoms with van der Waals surface area (Å²) >= 11 is 0. The summed E-state index contributed by atoms with van der Waals surface area (Å²) in [7, 11) is 0. The fourth-order valence-corrected chi connectivity index (χ4v) is 2.57. The van der Waals surface area contributed by atoms with Crippen LogP contribution in [-0.2, 0) is 9.53 Å². The number of Topliss-reactive ketones (excluding diaryl/α,β-unsaturated/α-hetero) is 1. The Bertz CT molecular complexity index is 513. The van der Waals surface area contributed by atoms with E-state index >= 15 is 0 Å². The molecule has 2 atom stereocenters. The van der Waals surface area contributed by atoms with Gasteiger partial charge in [0.15, 0.2) is 6.23 Å². The number of hydrogen-bond donors (Lipinski definition) is 1. The molecule has 2 heterocycles. The van der Waals surface area contributed by atoms with Crippen LogP contribution in [0.5, 0.6) is 0 Å². The van der Waals surface area contributed by atoms with Crippen LogP contribution in [0.15, 0.2) is 30.3 Å². The van der Waals surface area contributed by atoms with Gasteiger partial charge in [-0.05, 0) is 5.56 Å². The zero-order chi connectivity index (χ0) is 14.1. The van der Waals surface area contributed by atoms with E-state index in [0.717, 1.165) is 5.56 Å². The molecule has 0 aromatic heterocycles. The molecule has 6 nitrogen and oxygen atoms in total. The van der Waals surface area contributed by atoms with Crippen LogP contribution >= 0.6 is 0 Å². The number of hydrogen-bond acceptors (Lipinski definition) is 4. The number of carbonyl (C=O) groups is 2. The number of rotatable bonds is 1. The minimum absolute atomic E-state index is 0.311. The molecule has 0 bridgehead atoms. The van der Waals surface area contributed by atoms with Crippen LogP contribution in [0.2, 0.25) is 0 Å². The number of aliphatic hydroxyl groups excluding tert-OH is 1. The molecule has 1 unspecified atom stereocenters. The highest BCUT2D eigenvalue weighted by Crippen LogP contribution is 2.35. The Hall–Kier alpha value is -1.92. The van der Waals surface area contributed by atoms with Crippen molar-refractivity contribution in [2.75, 3.05) is 26.3 Å². The number of ether oxygens (including phenoxy) is 1. The first-order valence-corrected chi connectivity index (χ1v) is 6.62. The van der Waals surface area contributed by atoms with Crippen LogP contribution in [0.1, 0.15) is 11.6 Å². The van der Waals surface area contributed by atoms with Gasteiger partial charge >= 0.3 is 6.03 Å². The molecule has 0 saturated carbocycles. The number of urea groups is 1. The van der Waals surface area contributed by atoms with Crippen LogP contribution in [0.25, 0.3) is 0 Å². The maximum atomic E-state index is 12.4. The van der Waals surface area contributed by atoms with Crippen molar-refractivity contribution < 1.29 is 19.4 Å². The summed E-state index contributed by atoms with van der Waals surface area (Å²) in [5.74, 6) is -0.335. The highest BCUT2D eigenvalue weighted by atomic mass is 16.5. The lowest BCUT2D eigenvalue weighted by molar-refractivity contribution is -0.163. The smallest absolute Gasteiger partial charge is 0.323 e. The third-order valence-electron chi connectivity index (χ3n) is 3.68. The van der Waals surface area contributed by atoms with E-state index in [9.17, 15) is 14.7 Å². The minimum Gasteiger partial charge on any atom is -0.378 e. The number of benzene rings is 1. The first-order valence-electron chi connectivity index (χ1n) is 6.62. The predicted molar refractivity (Wildman–Crippen MR) is 69.8 cm³/mol. The van der Waals surface area contributed by atoms with E-state index in [1.54, 1.807) is 17.0 Å². The zero-order valence-electron chi connectivity index (χ0n) is 10.9. The Balaban J connectivity index is 1.80. The molecule has 0 aliphatic carbocycles. The van der Waals surface area contributed by atoms with Crippen molar-refractivity contribution in [3.63, 3.8) is 0 Å². The maximum absolute atomic E-state index is 12.4. The quantitative estimate of drug-likeness (QED) is 0.805. The van der Waals surface area contributed by atoms with Crippen molar-refractivity contribution in [2.45, 2.75) is 12.3 Å². The van der Waals surface area contributed by atoms with Crippen molar-refractivity contribution in [3.05, 3.63) is 35.9 Å². The molecule has 0 spiro atoms. The average Bonchev–Trinajstić information content (AvgIpc) is 2.52. The SMILES string of the molecule is O=C1C(O)N(C(=O)N2CCOCC2)[C@H]1c1ccccc1. The molecule has 3 rings (SSSR count). The van der Waals surface area contributed by atoms with Crippen molar-refractivity contribution in [3.8, 4) is 0 Å². The van der Waals surface area contributed by atoms with Crippen LogP contribution in [0.4, 0.5) is 4.79 Å². The van der Waals surface area contributed by atoms with E-state index < -0.39 is 12.3 Å². The molecular formula is C14H16N2O4. The number of nitrogens with zero attached hydrogens (tertiary/aromatic N) is 2. The van der Waals surface area contributed by atoms with E-state index in [1.165, 1.54) is 4.90 Å². The molecule has 2 saturated heterocycles. The molecule has 6 heteroatoms. The lowest BCUT2D eigenvalue weighted by Gasteiger charge is -2.46. The molecule has 0 radical (unpaired) electrons. The third kappa shape index (κ3) is 2.07. The fourth-order valence-electron chi connectivity index (χ4n) is 2.57. The van der Waals surface area contributed by atoms with Gasteiger partial charge in [0.2, 0.25) is 5.78 Å². The highest BCUT2D eigenvalue weighted by molar-refractivity contribution is 6.01. The largest absolute Gasteiger partial charge is 0.378 e. The molecule has 1 aromatic carbocycles. The summed E-state index contributed by atoms with van der Waals surface area (Å²) in [6.45, 7) is 1.94. The van der Waals surface area contributed by atoms with E-state index in [-0.39, 0.29) is 11.8 Å². The second kappa shape index (κ2) is 5.22. The Morgan fingerprint density at radius 3 is 2.50 bits per heavy atom. The van der Waals surface area contributed by atoms with Crippen molar-refractivity contribution in [1.82, 2.24) is 9.80 Å². The van der Waals surface area contributed by atoms with E-state index in [1.807, 2.05) is 18.2 Å². The van der Waals surface area contributed by atoms with Crippen LogP contribution in [0, 0.1) is 0 Å². The van der Waals surface area contributed by atoms with Crippen LogP contribution < -0.4 is 0 Å². The van der Waals surface area contributed by atoms with Gasteiger partial charge < -0.3 is 14.7 Å². The molecule has 2 amide bonds. The highest BCUT2D eigenvalue weighted by Gasteiger charge is 2.51. The van der Waals surface area contributed by atoms with Gasteiger partial charge in [0.1, 0.15) is 6.04 Å². The van der Waals surface area contributed by atoms with Gasteiger partial charge in [0, 0.05) is 13.1 Å². The molecule has 20 heavy (non-hydrogen) atoms. The van der Waals surface area contributed by atoms with Gasteiger partial charge in [0.05, 0.1) is 13.2 Å². The molecular weight excluding hydrogens is 260 g/mol. The molecule has 2 aliphatic rings. The average molecular weight is 276 g/mol. The molecule has 1 aromatic rings. The third-order valence-corrected chi connectivity index (χ3v) is 3.68. The molecule has 2 aliphatic heterocycles. The fraction of sp³-hybridized carbons (Fsp3) is 0.429. The molecule has 2 fully saturated rings. The Kier molecular flexibility index (Phi) is 3.42. The number of likely N-dealkylation sites (tertiary alicyclic amines) is 1. The zero-order valence-corrected chi connectivity index (χ0v) is 10.9. The number of morpholine rings is 1. The van der Waals surface area contributed by atoms with Crippen molar-refractivity contribution in [2.24, 2.45) is 0 Å². The first-order chi connectivity index (χ1) is 9.70. The maximum Gasteiger partial charge on any atom is 0.323 e. The summed E-state index contributed by atoms with van der Waals surface area (Å²) in [6.07, 6.45) is -1.34. The van der Waals surface area contributed by atoms with Crippen molar-refractivity contribution >= 4 is 11.8 Å². The lowest BCUT2D eigenvalue weighted by atomic mass is 9.92. The Morgan fingerprint density at radius 2 is 1.85 bits per heavy atom. The second-order valence-corrected chi connectivity index (χ2v) is 4.88. The summed E-state index contributed by atoms with van der Waals surface area (Å²) in [4.78, 5) is 27.1. The Labute approximate surface area is 116 Å². The van der Waals surface area contributed by atoms with E-state index in [0.29, 0.717) is 26.3 Å². The second-order valence-electron chi connectivity index (χ2n) is 4.88. The molecule has 106 valence electrons. The molecule has 1 N–H and O–H groups in total. The number of aliphatic hydroxyl groups is 1. The van der Waals surface area contributed by atoms with E-state index in [2.05, 4.69) is 0 Å². The van der Waals surface area contributed by atoms with Gasteiger partial charge in [0.25, 0.3) is 0 Å². The number of amides is 2. The topological polar surface area (TPSA) is 70.1 Å². The summed E-state index contributed by atoms with van der Waals surface area (Å²) < 4.78 is 5.20. The number of carbonyl (C=O) groups excluding carboxylic acids is 2. The van der Waals surface area contributed by atoms with Gasteiger partial charge in [-0.2, -0.15) is 0 Å². The van der Waals surface area contributed by atoms with Crippen LogP contribution in [0.3, 0.4) is 0 Å². The lowest BCUT2D eigenvalue weighted by Crippen LogP contribution is -2.65. The van der Waals surface area contributed by atoms with E-state index in [4.69, 9.17) is 4.74 Å². The summed E-state index contributed by atoms with van der Waals surface area (Å²) in [6, 6.07) is 8.05. The standard InChI is InChI=1S/C14H16N2O4/c17-12-11(10-4-2-1-3-5-10)16(13(12)18)14(19)15-6-8-20-9-7-15/h1-5,11,13,18H,6-9H2/t11-,13?/m0/s1. The summed E-state index contributed by atoms with van der Waals surface area (Å²) in [5.41, 5.74) is 0.726. The van der Waals surface area contributed by atoms with Gasteiger partial charge in [-0.15, -0.1) is 0 Å². The summed E-state index contributed by atoms with van der Waals surface area (Å²) in [5, 5.41) is 9.81. The normalized spacial score (nSPS) is 26.4. The number of ketones is 1. The minimum atomic E-state index is -1.34. The van der Waals surface area contributed by atoms with Crippen LogP contribution in [-0.4, -0.2) is 59.3 Å². The monoisotopic (exact) mass is 276 g/mol.